The number of nitrogens with one attached hydrogen (secondary N) is 1. The van der Waals surface area contributed by atoms with Crippen LogP contribution >= 0.6 is 11.6 Å². The van der Waals surface area contributed by atoms with Crippen molar-refractivity contribution in [3.63, 3.8) is 0 Å². The Labute approximate surface area is 112 Å². The molecule has 0 amide bonds. The van der Waals surface area contributed by atoms with E-state index in [1.54, 1.807) is 12.1 Å². The third-order valence-corrected chi connectivity index (χ3v) is 2.89. The van der Waals surface area contributed by atoms with Gasteiger partial charge in [0.25, 0.3) is 0 Å². The normalized spacial score (nSPS) is 12.2. The van der Waals surface area contributed by atoms with E-state index in [1.165, 1.54) is 0 Å². The molecule has 5 heteroatoms. The fourth-order valence-corrected chi connectivity index (χ4v) is 1.52. The van der Waals surface area contributed by atoms with E-state index in [2.05, 4.69) is 16.4 Å². The maximum Gasteiger partial charge on any atom is 0.170 e. The zero-order valence-electron chi connectivity index (χ0n) is 10.4. The Hall–Kier alpha value is -1.70. The van der Waals surface area contributed by atoms with Crippen LogP contribution in [0.4, 0.5) is 0 Å². The average molecular weight is 266 g/mol. The summed E-state index contributed by atoms with van der Waals surface area (Å²) in [5.41, 5.74) is 6.55. The summed E-state index contributed by atoms with van der Waals surface area (Å²) >= 11 is 6.12. The molecule has 1 aromatic carbocycles. The van der Waals surface area contributed by atoms with Gasteiger partial charge < -0.3 is 10.9 Å². The van der Waals surface area contributed by atoms with Crippen molar-refractivity contribution in [2.75, 3.05) is 0 Å². The summed E-state index contributed by atoms with van der Waals surface area (Å²) < 4.78 is 0. The Bertz CT molecular complexity index is 503. The first-order valence-corrected chi connectivity index (χ1v) is 5.76. The molecule has 0 saturated carbocycles. The predicted octanol–water partition coefficient (Wildman–Crippen LogP) is 1.94. The molecule has 96 valence electrons. The first-order chi connectivity index (χ1) is 8.39. The second-order valence-electron chi connectivity index (χ2n) is 4.41. The number of rotatable bonds is 4. The van der Waals surface area contributed by atoms with Crippen LogP contribution in [0, 0.1) is 12.3 Å². The van der Waals surface area contributed by atoms with Crippen molar-refractivity contribution in [1.82, 2.24) is 5.32 Å². The van der Waals surface area contributed by atoms with Gasteiger partial charge in [0.2, 0.25) is 0 Å². The van der Waals surface area contributed by atoms with Crippen LogP contribution in [-0.4, -0.2) is 16.6 Å². The molecule has 0 heterocycles. The number of benzene rings is 1. The molecule has 18 heavy (non-hydrogen) atoms. The van der Waals surface area contributed by atoms with Crippen molar-refractivity contribution in [2.45, 2.75) is 25.9 Å². The molecule has 1 aromatic rings. The third-order valence-electron chi connectivity index (χ3n) is 2.54. The maximum absolute atomic E-state index is 8.58. The molecule has 0 unspecified atom stereocenters. The van der Waals surface area contributed by atoms with Crippen molar-refractivity contribution in [3.05, 3.63) is 34.3 Å². The van der Waals surface area contributed by atoms with Crippen molar-refractivity contribution >= 4 is 17.4 Å². The smallest absolute Gasteiger partial charge is 0.170 e. The van der Waals surface area contributed by atoms with Gasteiger partial charge in [-0.3, -0.25) is 5.32 Å². The predicted molar refractivity (Wildman–Crippen MR) is 73.7 cm³/mol. The highest BCUT2D eigenvalue weighted by atomic mass is 35.5. The fraction of sp³-hybridized carbons (Fsp3) is 0.308. The number of terminal acetylenes is 1. The van der Waals surface area contributed by atoms with E-state index in [-0.39, 0.29) is 5.84 Å². The minimum atomic E-state index is -0.395. The summed E-state index contributed by atoms with van der Waals surface area (Å²) in [6, 6.07) is 5.20. The quantitative estimate of drug-likeness (QED) is 0.256. The van der Waals surface area contributed by atoms with Gasteiger partial charge in [0.05, 0.1) is 5.54 Å². The van der Waals surface area contributed by atoms with Crippen LogP contribution in [0.25, 0.3) is 0 Å². The van der Waals surface area contributed by atoms with E-state index in [9.17, 15) is 0 Å². The molecular weight excluding hydrogens is 250 g/mol. The molecular formula is C13H16ClN3O. The van der Waals surface area contributed by atoms with E-state index < -0.39 is 5.54 Å². The molecule has 1 rings (SSSR count). The van der Waals surface area contributed by atoms with Crippen LogP contribution in [0.3, 0.4) is 0 Å². The lowest BCUT2D eigenvalue weighted by Gasteiger charge is -2.20. The first kappa shape index (κ1) is 14.4. The first-order valence-electron chi connectivity index (χ1n) is 5.39. The minimum absolute atomic E-state index is 0.0281. The molecule has 0 radical (unpaired) electrons. The van der Waals surface area contributed by atoms with Gasteiger partial charge >= 0.3 is 0 Å². The average Bonchev–Trinajstić information content (AvgIpc) is 2.36. The zero-order chi connectivity index (χ0) is 13.8. The Morgan fingerprint density at radius 1 is 1.61 bits per heavy atom. The number of halogens is 1. The Balaban J connectivity index is 2.85. The molecule has 0 fully saturated rings. The highest BCUT2D eigenvalue weighted by Gasteiger charge is 2.13. The largest absolute Gasteiger partial charge is 0.409 e. The molecule has 0 saturated heterocycles. The van der Waals surface area contributed by atoms with Crippen LogP contribution in [0.5, 0.6) is 0 Å². The lowest BCUT2D eigenvalue weighted by atomic mass is 10.1. The summed E-state index contributed by atoms with van der Waals surface area (Å²) in [6.45, 7) is 4.36. The van der Waals surface area contributed by atoms with Gasteiger partial charge in [0.15, 0.2) is 5.84 Å². The summed E-state index contributed by atoms with van der Waals surface area (Å²) in [5.74, 6) is 2.67. The van der Waals surface area contributed by atoms with Crippen LogP contribution in [0.15, 0.2) is 23.4 Å². The third kappa shape index (κ3) is 3.66. The number of hydrogen-bond acceptors (Lipinski definition) is 3. The Kier molecular flexibility index (Phi) is 4.60. The van der Waals surface area contributed by atoms with E-state index in [1.807, 2.05) is 19.9 Å². The second-order valence-corrected chi connectivity index (χ2v) is 4.82. The van der Waals surface area contributed by atoms with Crippen LogP contribution in [0.2, 0.25) is 5.02 Å². The van der Waals surface area contributed by atoms with E-state index in [0.717, 1.165) is 5.56 Å². The Morgan fingerprint density at radius 2 is 2.28 bits per heavy atom. The Morgan fingerprint density at radius 3 is 2.78 bits per heavy atom. The van der Waals surface area contributed by atoms with E-state index >= 15 is 0 Å². The minimum Gasteiger partial charge on any atom is -0.409 e. The monoisotopic (exact) mass is 265 g/mol. The molecule has 4 nitrogen and oxygen atoms in total. The SMILES string of the molecule is C#CC(C)(C)NCc1ccc(/C(N)=N/O)cc1Cl. The summed E-state index contributed by atoms with van der Waals surface area (Å²) in [4.78, 5) is 0. The highest BCUT2D eigenvalue weighted by molar-refractivity contribution is 6.31. The maximum atomic E-state index is 8.58. The lowest BCUT2D eigenvalue weighted by Crippen LogP contribution is -2.37. The number of hydrogen-bond donors (Lipinski definition) is 3. The molecule has 0 aliphatic heterocycles. The van der Waals surface area contributed by atoms with Gasteiger partial charge in [-0.15, -0.1) is 6.42 Å². The van der Waals surface area contributed by atoms with Gasteiger partial charge in [-0.05, 0) is 25.5 Å². The molecule has 4 N–H and O–H groups in total. The number of nitrogens with zero attached hydrogens (tertiary/aromatic N) is 1. The zero-order valence-corrected chi connectivity index (χ0v) is 11.1. The second kappa shape index (κ2) is 5.76. The number of amidine groups is 1. The van der Waals surface area contributed by atoms with Gasteiger partial charge in [0.1, 0.15) is 0 Å². The highest BCUT2D eigenvalue weighted by Crippen LogP contribution is 2.18. The van der Waals surface area contributed by atoms with E-state index in [0.29, 0.717) is 17.1 Å². The fourth-order valence-electron chi connectivity index (χ4n) is 1.27. The summed E-state index contributed by atoms with van der Waals surface area (Å²) in [6.07, 6.45) is 5.38. The van der Waals surface area contributed by atoms with Crippen molar-refractivity contribution in [2.24, 2.45) is 10.9 Å². The summed E-state index contributed by atoms with van der Waals surface area (Å²) in [5, 5.41) is 15.2. The molecule has 0 aromatic heterocycles. The van der Waals surface area contributed by atoms with E-state index in [4.69, 9.17) is 29.0 Å². The van der Waals surface area contributed by atoms with Gasteiger partial charge in [-0.2, -0.15) is 0 Å². The van der Waals surface area contributed by atoms with Crippen LogP contribution < -0.4 is 11.1 Å². The van der Waals surface area contributed by atoms with Crippen LogP contribution in [0.1, 0.15) is 25.0 Å². The molecule has 0 spiro atoms. The van der Waals surface area contributed by atoms with Crippen molar-refractivity contribution in [1.29, 1.82) is 0 Å². The lowest BCUT2D eigenvalue weighted by molar-refractivity contribution is 0.318. The molecule has 0 aliphatic rings. The molecule has 0 aliphatic carbocycles. The topological polar surface area (TPSA) is 70.6 Å². The van der Waals surface area contributed by atoms with Crippen molar-refractivity contribution < 1.29 is 5.21 Å². The van der Waals surface area contributed by atoms with Crippen molar-refractivity contribution in [3.8, 4) is 12.3 Å². The van der Waals surface area contributed by atoms with Gasteiger partial charge in [-0.1, -0.05) is 34.8 Å². The van der Waals surface area contributed by atoms with Crippen LogP contribution in [-0.2, 0) is 6.54 Å². The number of nitrogens with two attached hydrogens (primary N) is 1. The summed E-state index contributed by atoms with van der Waals surface area (Å²) in [7, 11) is 0. The number of oxime groups is 1. The molecule has 0 bridgehead atoms. The molecule has 0 atom stereocenters. The standard InChI is InChI=1S/C13H16ClN3O/c1-4-13(2,3)16-8-10-6-5-9(7-11(10)14)12(15)17-18/h1,5-7,16,18H,8H2,2-3H3,(H2,15,17). The van der Waals surface area contributed by atoms with Gasteiger partial charge in [0, 0.05) is 17.1 Å². The van der Waals surface area contributed by atoms with Gasteiger partial charge in [-0.25, -0.2) is 0 Å².